The van der Waals surface area contributed by atoms with Gasteiger partial charge in [-0.2, -0.15) is 0 Å². The van der Waals surface area contributed by atoms with E-state index in [1.807, 2.05) is 0 Å². The average Bonchev–Trinajstić information content (AvgIpc) is 2.72. The molecule has 0 heterocycles. The molecule has 0 radical (unpaired) electrons. The minimum Gasteiger partial charge on any atom is -0.308 e. The van der Waals surface area contributed by atoms with Crippen molar-refractivity contribution in [2.75, 3.05) is 34.2 Å². The molecular formula is C27H35N2P. The molecule has 3 heteroatoms. The highest BCUT2D eigenvalue weighted by atomic mass is 31.1. The van der Waals surface area contributed by atoms with Crippen LogP contribution in [0.1, 0.15) is 28.0 Å². The highest BCUT2D eigenvalue weighted by Gasteiger charge is 2.31. The van der Waals surface area contributed by atoms with Crippen molar-refractivity contribution in [1.82, 2.24) is 9.80 Å². The molecule has 1 unspecified atom stereocenters. The second kappa shape index (κ2) is 10.4. The molecule has 1 atom stereocenters. The topological polar surface area (TPSA) is 6.48 Å². The van der Waals surface area contributed by atoms with Gasteiger partial charge < -0.3 is 4.90 Å². The van der Waals surface area contributed by atoms with Gasteiger partial charge in [0.15, 0.2) is 0 Å². The molecule has 0 aromatic heterocycles. The number of benzene rings is 3. The molecule has 3 rings (SSSR count). The number of rotatable bonds is 8. The highest BCUT2D eigenvalue weighted by Crippen LogP contribution is 2.52. The van der Waals surface area contributed by atoms with Crippen LogP contribution >= 0.6 is 7.92 Å². The molecule has 0 bridgehead atoms. The Morgan fingerprint density at radius 1 is 0.700 bits per heavy atom. The summed E-state index contributed by atoms with van der Waals surface area (Å²) in [7, 11) is 6.01. The van der Waals surface area contributed by atoms with Gasteiger partial charge in [-0.3, -0.25) is 4.90 Å². The summed E-state index contributed by atoms with van der Waals surface area (Å²) in [5.74, 6) is 0.324. The largest absolute Gasteiger partial charge is 0.308 e. The van der Waals surface area contributed by atoms with Crippen LogP contribution in [0, 0.1) is 20.8 Å². The first-order valence-electron chi connectivity index (χ1n) is 10.7. The molecule has 3 aromatic rings. The summed E-state index contributed by atoms with van der Waals surface area (Å²) in [4.78, 5) is 4.85. The summed E-state index contributed by atoms with van der Waals surface area (Å²) in [5, 5.41) is 2.86. The predicted molar refractivity (Wildman–Crippen MR) is 134 cm³/mol. The number of nitrogens with zero attached hydrogens (tertiary/aromatic N) is 2. The number of hydrogen-bond donors (Lipinski definition) is 0. The van der Waals surface area contributed by atoms with E-state index in [0.29, 0.717) is 5.78 Å². The van der Waals surface area contributed by atoms with Crippen molar-refractivity contribution in [2.45, 2.75) is 26.6 Å². The Morgan fingerprint density at radius 3 is 1.60 bits per heavy atom. The minimum absolute atomic E-state index is 0.324. The van der Waals surface area contributed by atoms with Crippen LogP contribution in [0.2, 0.25) is 0 Å². The fourth-order valence-electron chi connectivity index (χ4n) is 4.23. The van der Waals surface area contributed by atoms with Gasteiger partial charge in [-0.05, 0) is 77.1 Å². The quantitative estimate of drug-likeness (QED) is 0.462. The van der Waals surface area contributed by atoms with Crippen LogP contribution < -0.4 is 10.6 Å². The molecule has 0 saturated heterocycles. The number of likely N-dealkylation sites (N-methyl/N-ethyl adjacent to an activating group) is 2. The van der Waals surface area contributed by atoms with E-state index in [1.165, 1.54) is 32.9 Å². The summed E-state index contributed by atoms with van der Waals surface area (Å²) < 4.78 is 0. The van der Waals surface area contributed by atoms with Gasteiger partial charge in [-0.15, -0.1) is 0 Å². The zero-order valence-electron chi connectivity index (χ0n) is 19.3. The SMILES string of the molecule is Cc1cc(C)c(C(N(C)CCN(C)C)P(c2ccccc2)c2ccccc2)c(C)c1. The van der Waals surface area contributed by atoms with Crippen molar-refractivity contribution in [3.8, 4) is 0 Å². The van der Waals surface area contributed by atoms with Crippen molar-refractivity contribution in [2.24, 2.45) is 0 Å². The zero-order valence-corrected chi connectivity index (χ0v) is 20.2. The van der Waals surface area contributed by atoms with Crippen LogP contribution in [0.3, 0.4) is 0 Å². The lowest BCUT2D eigenvalue weighted by molar-refractivity contribution is 0.268. The molecule has 2 nitrogen and oxygen atoms in total. The summed E-state index contributed by atoms with van der Waals surface area (Å²) in [6.07, 6.45) is 0. The second-order valence-corrected chi connectivity index (χ2v) is 10.8. The maximum Gasteiger partial charge on any atom is 0.0633 e. The average molecular weight is 419 g/mol. The molecule has 3 aromatic carbocycles. The predicted octanol–water partition coefficient (Wildman–Crippen LogP) is 5.24. The Kier molecular flexibility index (Phi) is 7.83. The fourth-order valence-corrected chi connectivity index (χ4v) is 7.26. The lowest BCUT2D eigenvalue weighted by Gasteiger charge is -2.38. The van der Waals surface area contributed by atoms with E-state index in [9.17, 15) is 0 Å². The maximum absolute atomic E-state index is 2.58. The zero-order chi connectivity index (χ0) is 21.7. The Morgan fingerprint density at radius 2 is 1.17 bits per heavy atom. The second-order valence-electron chi connectivity index (χ2n) is 8.51. The Balaban J connectivity index is 2.20. The van der Waals surface area contributed by atoms with E-state index in [2.05, 4.69) is 125 Å². The van der Waals surface area contributed by atoms with Crippen molar-refractivity contribution < 1.29 is 0 Å². The van der Waals surface area contributed by atoms with Crippen LogP contribution in [0.25, 0.3) is 0 Å². The van der Waals surface area contributed by atoms with Gasteiger partial charge in [-0.25, -0.2) is 0 Å². The van der Waals surface area contributed by atoms with Crippen molar-refractivity contribution >= 4 is 18.5 Å². The van der Waals surface area contributed by atoms with E-state index in [0.717, 1.165) is 13.1 Å². The smallest absolute Gasteiger partial charge is 0.0633 e. The molecular weight excluding hydrogens is 383 g/mol. The summed E-state index contributed by atoms with van der Waals surface area (Å²) in [6, 6.07) is 26.9. The van der Waals surface area contributed by atoms with Gasteiger partial charge in [0.2, 0.25) is 0 Å². The first kappa shape index (κ1) is 22.7. The lowest BCUT2D eigenvalue weighted by atomic mass is 9.99. The van der Waals surface area contributed by atoms with E-state index >= 15 is 0 Å². The molecule has 0 aliphatic carbocycles. The Bertz CT molecular complexity index is 875. The molecule has 0 aliphatic rings. The molecule has 0 N–H and O–H groups in total. The standard InChI is InChI=1S/C27H35N2P/c1-21-19-22(2)26(23(3)20-21)27(29(6)18-17-28(4)5)30(24-13-9-7-10-14-24)25-15-11-8-12-16-25/h7-16,19-20,27H,17-18H2,1-6H3. The van der Waals surface area contributed by atoms with Gasteiger partial charge in [0, 0.05) is 13.1 Å². The summed E-state index contributed by atoms with van der Waals surface area (Å²) >= 11 is 0. The van der Waals surface area contributed by atoms with Crippen molar-refractivity contribution in [3.05, 3.63) is 95.1 Å². The maximum atomic E-state index is 2.58. The Labute approximate surface area is 184 Å². The van der Waals surface area contributed by atoms with Crippen molar-refractivity contribution in [3.63, 3.8) is 0 Å². The van der Waals surface area contributed by atoms with E-state index in [4.69, 9.17) is 0 Å². The molecule has 0 aliphatic heterocycles. The van der Waals surface area contributed by atoms with E-state index in [-0.39, 0.29) is 0 Å². The van der Waals surface area contributed by atoms with E-state index in [1.54, 1.807) is 0 Å². The highest BCUT2D eigenvalue weighted by molar-refractivity contribution is 7.73. The third-order valence-corrected chi connectivity index (χ3v) is 8.48. The number of hydrogen-bond acceptors (Lipinski definition) is 2. The minimum atomic E-state index is -0.595. The van der Waals surface area contributed by atoms with Crippen LogP contribution in [0.5, 0.6) is 0 Å². The molecule has 30 heavy (non-hydrogen) atoms. The fraction of sp³-hybridized carbons (Fsp3) is 0.333. The monoisotopic (exact) mass is 418 g/mol. The lowest BCUT2D eigenvalue weighted by Crippen LogP contribution is -2.35. The normalized spacial score (nSPS) is 12.7. The van der Waals surface area contributed by atoms with Crippen LogP contribution in [0.4, 0.5) is 0 Å². The summed E-state index contributed by atoms with van der Waals surface area (Å²) in [5.41, 5.74) is 5.62. The van der Waals surface area contributed by atoms with Gasteiger partial charge in [0.25, 0.3) is 0 Å². The van der Waals surface area contributed by atoms with Gasteiger partial charge in [0.1, 0.15) is 0 Å². The van der Waals surface area contributed by atoms with Crippen LogP contribution in [-0.4, -0.2) is 44.0 Å². The molecule has 0 amide bonds. The first-order chi connectivity index (χ1) is 14.4. The number of aryl methyl sites for hydroxylation is 3. The molecule has 0 spiro atoms. The summed E-state index contributed by atoms with van der Waals surface area (Å²) in [6.45, 7) is 8.84. The van der Waals surface area contributed by atoms with Gasteiger partial charge in [0.05, 0.1) is 5.78 Å². The van der Waals surface area contributed by atoms with E-state index < -0.39 is 7.92 Å². The van der Waals surface area contributed by atoms with Crippen molar-refractivity contribution in [1.29, 1.82) is 0 Å². The van der Waals surface area contributed by atoms with Crippen LogP contribution in [0.15, 0.2) is 72.8 Å². The molecule has 158 valence electrons. The first-order valence-corrected chi connectivity index (χ1v) is 12.1. The molecule has 0 fully saturated rings. The third kappa shape index (κ3) is 5.38. The Hall–Kier alpha value is -1.99. The van der Waals surface area contributed by atoms with Gasteiger partial charge >= 0.3 is 0 Å². The third-order valence-electron chi connectivity index (χ3n) is 5.63. The van der Waals surface area contributed by atoms with Gasteiger partial charge in [-0.1, -0.05) is 78.4 Å². The van der Waals surface area contributed by atoms with Crippen LogP contribution in [-0.2, 0) is 0 Å². The molecule has 0 saturated carbocycles.